The van der Waals surface area contributed by atoms with Crippen LogP contribution in [-0.2, 0) is 0 Å². The monoisotopic (exact) mass is 470 g/mol. The fourth-order valence-electron chi connectivity index (χ4n) is 3.76. The molecule has 2 atom stereocenters. The van der Waals surface area contributed by atoms with Gasteiger partial charge in [0.05, 0.1) is 18.9 Å². The highest BCUT2D eigenvalue weighted by atomic mass is 19.1. The number of hydrogen-bond acceptors (Lipinski definition) is 3. The van der Waals surface area contributed by atoms with E-state index in [0.717, 1.165) is 5.56 Å². The van der Waals surface area contributed by atoms with Crippen LogP contribution in [0.5, 0.6) is 0 Å². The first-order chi connectivity index (χ1) is 17.0. The molecule has 0 saturated heterocycles. The molecule has 0 saturated carbocycles. The van der Waals surface area contributed by atoms with Gasteiger partial charge in [0.15, 0.2) is 0 Å². The van der Waals surface area contributed by atoms with Gasteiger partial charge in [-0.3, -0.25) is 4.79 Å². The van der Waals surface area contributed by atoms with Crippen LogP contribution in [0.2, 0.25) is 0 Å². The van der Waals surface area contributed by atoms with E-state index < -0.39 is 23.7 Å². The third-order valence-corrected chi connectivity index (χ3v) is 5.66. The van der Waals surface area contributed by atoms with E-state index in [2.05, 4.69) is 5.10 Å². The zero-order chi connectivity index (χ0) is 24.6. The minimum absolute atomic E-state index is 0.00123. The van der Waals surface area contributed by atoms with E-state index in [9.17, 15) is 18.7 Å². The van der Waals surface area contributed by atoms with Crippen LogP contribution in [0.1, 0.15) is 39.1 Å². The van der Waals surface area contributed by atoms with Crippen LogP contribution in [0.15, 0.2) is 114 Å². The van der Waals surface area contributed by atoms with E-state index in [1.165, 1.54) is 41.4 Å². The number of rotatable bonds is 8. The molecule has 0 aliphatic rings. The molecule has 4 aromatic rings. The van der Waals surface area contributed by atoms with Gasteiger partial charge in [-0.2, -0.15) is 5.10 Å². The van der Waals surface area contributed by atoms with Gasteiger partial charge in [0.1, 0.15) is 11.6 Å². The third kappa shape index (κ3) is 6.25. The molecule has 0 fully saturated rings. The molecule has 35 heavy (non-hydrogen) atoms. The van der Waals surface area contributed by atoms with Crippen LogP contribution in [-0.4, -0.2) is 28.8 Å². The Bertz CT molecular complexity index is 1260. The van der Waals surface area contributed by atoms with E-state index in [-0.39, 0.29) is 12.5 Å². The lowest BCUT2D eigenvalue weighted by atomic mass is 9.88. The second-order valence-electron chi connectivity index (χ2n) is 8.06. The van der Waals surface area contributed by atoms with Gasteiger partial charge in [-0.25, -0.2) is 13.8 Å². The van der Waals surface area contributed by atoms with Crippen LogP contribution in [0.4, 0.5) is 8.78 Å². The van der Waals surface area contributed by atoms with Crippen LogP contribution in [0, 0.1) is 11.6 Å². The summed E-state index contributed by atoms with van der Waals surface area (Å²) < 4.78 is 27.1. The van der Waals surface area contributed by atoms with Crippen molar-refractivity contribution in [3.05, 3.63) is 143 Å². The number of halogens is 2. The van der Waals surface area contributed by atoms with Crippen LogP contribution in [0.3, 0.4) is 0 Å². The topological polar surface area (TPSA) is 52.9 Å². The lowest BCUT2D eigenvalue weighted by Crippen LogP contribution is -2.33. The van der Waals surface area contributed by atoms with E-state index in [4.69, 9.17) is 0 Å². The Morgan fingerprint density at radius 3 is 1.86 bits per heavy atom. The maximum absolute atomic E-state index is 13.6. The summed E-state index contributed by atoms with van der Waals surface area (Å²) in [7, 11) is 0. The minimum Gasteiger partial charge on any atom is -0.388 e. The predicted octanol–water partition coefficient (Wildman–Crippen LogP) is 5.96. The van der Waals surface area contributed by atoms with Gasteiger partial charge in [-0.15, -0.1) is 0 Å². The smallest absolute Gasteiger partial charge is 0.273 e. The molecule has 0 aliphatic carbocycles. The molecule has 4 nitrogen and oxygen atoms in total. The zero-order valence-corrected chi connectivity index (χ0v) is 18.8. The highest BCUT2D eigenvalue weighted by molar-refractivity contribution is 5.95. The van der Waals surface area contributed by atoms with E-state index in [0.29, 0.717) is 16.7 Å². The molecule has 0 radical (unpaired) electrons. The highest BCUT2D eigenvalue weighted by Gasteiger charge is 2.28. The molecular formula is C29H24F2N2O2. The first kappa shape index (κ1) is 24.0. The molecule has 0 heterocycles. The molecule has 0 aromatic heterocycles. The summed E-state index contributed by atoms with van der Waals surface area (Å²) in [5, 5.41) is 17.0. The Labute approximate surface area is 202 Å². The van der Waals surface area contributed by atoms with Crippen LogP contribution < -0.4 is 0 Å². The maximum Gasteiger partial charge on any atom is 0.273 e. The fourth-order valence-corrected chi connectivity index (χ4v) is 3.76. The molecule has 1 amide bonds. The van der Waals surface area contributed by atoms with Crippen molar-refractivity contribution in [2.24, 2.45) is 5.10 Å². The van der Waals surface area contributed by atoms with E-state index in [1.54, 1.807) is 42.6 Å². The summed E-state index contributed by atoms with van der Waals surface area (Å²) in [4.78, 5) is 13.4. The number of hydrogen-bond donors (Lipinski definition) is 1. The normalized spacial score (nSPS) is 12.9. The largest absolute Gasteiger partial charge is 0.388 e. The summed E-state index contributed by atoms with van der Waals surface area (Å²) in [5.74, 6) is -1.85. The summed E-state index contributed by atoms with van der Waals surface area (Å²) in [6.45, 7) is 0.00123. The minimum atomic E-state index is -1.10. The SMILES string of the molecule is O=C(c1ccccc1)N(CC(c1ccc(F)cc1)C(O)c1ccc(F)cc1)/N=C/c1ccccc1. The van der Waals surface area contributed by atoms with Gasteiger partial charge >= 0.3 is 0 Å². The number of carbonyl (C=O) groups is 1. The van der Waals surface area contributed by atoms with Crippen molar-refractivity contribution in [2.45, 2.75) is 12.0 Å². The van der Waals surface area contributed by atoms with E-state index in [1.807, 2.05) is 36.4 Å². The standard InChI is InChI=1S/C29H24F2N2O2/c30-25-15-11-22(12-16-25)27(28(34)23-13-17-26(31)18-14-23)20-33(29(35)24-9-5-2-6-10-24)32-19-21-7-3-1-4-8-21/h1-19,27-28,34H,20H2/b32-19+. The Kier molecular flexibility index (Phi) is 7.75. The third-order valence-electron chi connectivity index (χ3n) is 5.66. The van der Waals surface area contributed by atoms with Crippen LogP contribution in [0.25, 0.3) is 0 Å². The average molecular weight is 471 g/mol. The number of aliphatic hydroxyl groups is 1. The summed E-state index contributed by atoms with van der Waals surface area (Å²) in [5.41, 5.74) is 2.33. The summed E-state index contributed by atoms with van der Waals surface area (Å²) >= 11 is 0. The second-order valence-corrected chi connectivity index (χ2v) is 8.06. The molecule has 2 unspecified atom stereocenters. The summed E-state index contributed by atoms with van der Waals surface area (Å²) in [6.07, 6.45) is 0.478. The number of hydrazone groups is 1. The van der Waals surface area contributed by atoms with Crippen molar-refractivity contribution >= 4 is 12.1 Å². The molecule has 176 valence electrons. The molecule has 6 heteroatoms. The lowest BCUT2D eigenvalue weighted by molar-refractivity contribution is 0.0685. The molecular weight excluding hydrogens is 446 g/mol. The van der Waals surface area contributed by atoms with Crippen molar-refractivity contribution < 1.29 is 18.7 Å². The van der Waals surface area contributed by atoms with Crippen molar-refractivity contribution in [2.75, 3.05) is 6.54 Å². The second kappa shape index (κ2) is 11.3. The van der Waals surface area contributed by atoms with Crippen LogP contribution >= 0.6 is 0 Å². The first-order valence-corrected chi connectivity index (χ1v) is 11.2. The Hall–Kier alpha value is -4.16. The molecule has 0 bridgehead atoms. The number of carbonyl (C=O) groups excluding carboxylic acids is 1. The van der Waals surface area contributed by atoms with E-state index >= 15 is 0 Å². The van der Waals surface area contributed by atoms with Gasteiger partial charge in [0.2, 0.25) is 0 Å². The van der Waals surface area contributed by atoms with Gasteiger partial charge in [-0.1, -0.05) is 72.8 Å². The Balaban J connectivity index is 1.72. The first-order valence-electron chi connectivity index (χ1n) is 11.2. The molecule has 1 N–H and O–H groups in total. The number of amides is 1. The van der Waals surface area contributed by atoms with Gasteiger partial charge < -0.3 is 5.11 Å². The lowest BCUT2D eigenvalue weighted by Gasteiger charge is -2.28. The number of aliphatic hydroxyl groups excluding tert-OH is 1. The molecule has 4 aromatic carbocycles. The Morgan fingerprint density at radius 2 is 1.29 bits per heavy atom. The van der Waals surface area contributed by atoms with Gasteiger partial charge in [0, 0.05) is 11.5 Å². The van der Waals surface area contributed by atoms with Gasteiger partial charge in [0.25, 0.3) is 5.91 Å². The summed E-state index contributed by atoms with van der Waals surface area (Å²) in [6, 6.07) is 29.3. The van der Waals surface area contributed by atoms with Crippen molar-refractivity contribution in [3.8, 4) is 0 Å². The zero-order valence-electron chi connectivity index (χ0n) is 18.8. The fraction of sp³-hybridized carbons (Fsp3) is 0.103. The average Bonchev–Trinajstić information content (AvgIpc) is 2.90. The van der Waals surface area contributed by atoms with Gasteiger partial charge in [-0.05, 0) is 53.1 Å². The highest BCUT2D eigenvalue weighted by Crippen LogP contribution is 2.32. The number of benzene rings is 4. The van der Waals surface area contributed by atoms with Crippen molar-refractivity contribution in [1.82, 2.24) is 5.01 Å². The predicted molar refractivity (Wildman–Crippen MR) is 132 cm³/mol. The molecule has 4 rings (SSSR count). The Morgan fingerprint density at radius 1 is 0.771 bits per heavy atom. The van der Waals surface area contributed by atoms with Crippen molar-refractivity contribution in [3.63, 3.8) is 0 Å². The quantitative estimate of drug-likeness (QED) is 0.255. The van der Waals surface area contributed by atoms with Crippen molar-refractivity contribution in [1.29, 1.82) is 0 Å². The molecule has 0 spiro atoms. The molecule has 0 aliphatic heterocycles. The maximum atomic E-state index is 13.6. The number of nitrogens with zero attached hydrogens (tertiary/aromatic N) is 2.